The highest BCUT2D eigenvalue weighted by atomic mass is 32.2. The number of aryl methyl sites for hydroxylation is 1. The van der Waals surface area contributed by atoms with Crippen LogP contribution in [0.4, 0.5) is 0 Å². The zero-order valence-electron chi connectivity index (χ0n) is 12.3. The van der Waals surface area contributed by atoms with Crippen molar-refractivity contribution in [3.63, 3.8) is 0 Å². The highest BCUT2D eigenvalue weighted by Gasteiger charge is 2.21. The number of sulfonamides is 1. The molecule has 2 rings (SSSR count). The van der Waals surface area contributed by atoms with Crippen LogP contribution in [0.25, 0.3) is 0 Å². The van der Waals surface area contributed by atoms with E-state index in [1.54, 1.807) is 6.20 Å². The molecule has 0 atom stereocenters. The van der Waals surface area contributed by atoms with Crippen molar-refractivity contribution in [3.05, 3.63) is 29.2 Å². The van der Waals surface area contributed by atoms with Crippen LogP contribution in [-0.2, 0) is 23.1 Å². The monoisotopic (exact) mass is 312 g/mol. The van der Waals surface area contributed by atoms with Crippen LogP contribution >= 0.6 is 0 Å². The summed E-state index contributed by atoms with van der Waals surface area (Å²) in [5.41, 5.74) is 2.25. The summed E-state index contributed by atoms with van der Waals surface area (Å²) in [5.74, 6) is 0. The molecule has 0 aliphatic rings. The van der Waals surface area contributed by atoms with Crippen LogP contribution in [0.1, 0.15) is 30.7 Å². The van der Waals surface area contributed by atoms with Gasteiger partial charge in [0, 0.05) is 36.0 Å². The van der Waals surface area contributed by atoms with Crippen LogP contribution in [-0.4, -0.2) is 34.9 Å². The van der Waals surface area contributed by atoms with Crippen molar-refractivity contribution >= 4 is 10.0 Å². The summed E-state index contributed by atoms with van der Waals surface area (Å²) in [6.07, 6.45) is 3.12. The molecule has 4 N–H and O–H groups in total. The molecule has 9 heteroatoms. The summed E-state index contributed by atoms with van der Waals surface area (Å²) in [4.78, 5) is 0. The minimum Gasteiger partial charge on any atom is -0.310 e. The molecule has 2 aromatic rings. The number of hydrogen-bond donors (Lipinski definition) is 4. The number of nitrogens with zero attached hydrogens (tertiary/aromatic N) is 2. The first-order valence-electron chi connectivity index (χ1n) is 6.64. The summed E-state index contributed by atoms with van der Waals surface area (Å²) >= 11 is 0. The first-order valence-corrected chi connectivity index (χ1v) is 8.12. The van der Waals surface area contributed by atoms with Gasteiger partial charge in [0.25, 0.3) is 10.0 Å². The van der Waals surface area contributed by atoms with Crippen molar-refractivity contribution in [2.75, 3.05) is 0 Å². The topological polar surface area (TPSA) is 116 Å². The molecule has 0 bridgehead atoms. The van der Waals surface area contributed by atoms with E-state index in [0.29, 0.717) is 12.1 Å². The number of rotatable bonds is 7. The fraction of sp³-hybridized carbons (Fsp3) is 0.500. The summed E-state index contributed by atoms with van der Waals surface area (Å²) < 4.78 is 27.2. The normalized spacial score (nSPS) is 12.2. The predicted molar refractivity (Wildman–Crippen MR) is 77.9 cm³/mol. The Hall–Kier alpha value is -1.71. The summed E-state index contributed by atoms with van der Waals surface area (Å²) in [6.45, 7) is 6.45. The molecule has 0 saturated heterocycles. The van der Waals surface area contributed by atoms with Crippen LogP contribution in [0.15, 0.2) is 17.4 Å². The van der Waals surface area contributed by atoms with Gasteiger partial charge in [0.1, 0.15) is 0 Å². The molecule has 21 heavy (non-hydrogen) atoms. The lowest BCUT2D eigenvalue weighted by Gasteiger charge is -2.09. The number of nitrogens with one attached hydrogen (secondary N) is 4. The molecule has 116 valence electrons. The fourth-order valence-corrected chi connectivity index (χ4v) is 2.90. The van der Waals surface area contributed by atoms with E-state index in [0.717, 1.165) is 11.3 Å². The van der Waals surface area contributed by atoms with Gasteiger partial charge in [0.2, 0.25) is 0 Å². The van der Waals surface area contributed by atoms with Crippen LogP contribution in [0.5, 0.6) is 0 Å². The van der Waals surface area contributed by atoms with E-state index in [-0.39, 0.29) is 17.6 Å². The van der Waals surface area contributed by atoms with Crippen molar-refractivity contribution in [1.82, 2.24) is 30.4 Å². The molecule has 0 amide bonds. The molecule has 0 saturated carbocycles. The fourth-order valence-electron chi connectivity index (χ4n) is 1.77. The van der Waals surface area contributed by atoms with Gasteiger partial charge in [-0.1, -0.05) is 13.8 Å². The Morgan fingerprint density at radius 2 is 1.81 bits per heavy atom. The SMILES string of the molecule is Cc1[nH]ncc1CNS(=O)(=O)c1[nH]ncc1CNC(C)C. The van der Waals surface area contributed by atoms with Crippen LogP contribution in [0, 0.1) is 6.92 Å². The lowest BCUT2D eigenvalue weighted by molar-refractivity contribution is 0.564. The minimum absolute atomic E-state index is 0.0943. The van der Waals surface area contributed by atoms with Crippen molar-refractivity contribution < 1.29 is 8.42 Å². The Kier molecular flexibility index (Phi) is 4.76. The molecule has 0 aliphatic carbocycles. The van der Waals surface area contributed by atoms with E-state index >= 15 is 0 Å². The van der Waals surface area contributed by atoms with E-state index in [2.05, 4.69) is 30.4 Å². The second-order valence-electron chi connectivity index (χ2n) is 5.10. The second-order valence-corrected chi connectivity index (χ2v) is 6.81. The molecule has 0 aromatic carbocycles. The standard InChI is InChI=1S/C12H20N6O2S/c1-8(2)13-4-11-6-15-18-12(11)21(19,20)16-7-10-5-14-17-9(10)3/h5-6,8,13,16H,4,7H2,1-3H3,(H,14,17)(H,15,18). The Bertz CT molecular complexity index is 688. The Morgan fingerprint density at radius 1 is 1.14 bits per heavy atom. The van der Waals surface area contributed by atoms with Crippen molar-refractivity contribution in [1.29, 1.82) is 0 Å². The number of hydrogen-bond acceptors (Lipinski definition) is 5. The van der Waals surface area contributed by atoms with E-state index in [4.69, 9.17) is 0 Å². The Labute approximate surface area is 123 Å². The zero-order valence-corrected chi connectivity index (χ0v) is 13.1. The average Bonchev–Trinajstić information content (AvgIpc) is 3.03. The van der Waals surface area contributed by atoms with Crippen LogP contribution in [0.2, 0.25) is 0 Å². The van der Waals surface area contributed by atoms with E-state index in [9.17, 15) is 8.42 Å². The molecule has 2 aromatic heterocycles. The van der Waals surface area contributed by atoms with Gasteiger partial charge in [0.05, 0.1) is 12.4 Å². The van der Waals surface area contributed by atoms with Gasteiger partial charge >= 0.3 is 0 Å². The third-order valence-corrected chi connectivity index (χ3v) is 4.45. The third-order valence-electron chi connectivity index (χ3n) is 3.03. The van der Waals surface area contributed by atoms with Crippen LogP contribution < -0.4 is 10.0 Å². The second kappa shape index (κ2) is 6.37. The largest absolute Gasteiger partial charge is 0.310 e. The van der Waals surface area contributed by atoms with Crippen molar-refractivity contribution in [2.45, 2.75) is 44.9 Å². The molecule has 0 unspecified atom stereocenters. The van der Waals surface area contributed by atoms with Gasteiger partial charge in [-0.05, 0) is 6.92 Å². The van der Waals surface area contributed by atoms with E-state index < -0.39 is 10.0 Å². The van der Waals surface area contributed by atoms with E-state index in [1.807, 2.05) is 20.8 Å². The maximum atomic E-state index is 12.3. The Morgan fingerprint density at radius 3 is 2.43 bits per heavy atom. The van der Waals surface area contributed by atoms with Gasteiger partial charge in [-0.3, -0.25) is 10.2 Å². The zero-order chi connectivity index (χ0) is 15.5. The molecule has 2 heterocycles. The highest BCUT2D eigenvalue weighted by Crippen LogP contribution is 2.13. The number of H-pyrrole nitrogens is 2. The number of aromatic amines is 2. The van der Waals surface area contributed by atoms with Gasteiger partial charge in [-0.15, -0.1) is 0 Å². The first kappa shape index (κ1) is 15.7. The maximum Gasteiger partial charge on any atom is 0.258 e. The molecular formula is C12H20N6O2S. The van der Waals surface area contributed by atoms with Gasteiger partial charge in [-0.25, -0.2) is 13.1 Å². The summed E-state index contributed by atoms with van der Waals surface area (Å²) in [5, 5.41) is 16.3. The first-order chi connectivity index (χ1) is 9.90. The smallest absolute Gasteiger partial charge is 0.258 e. The summed E-state index contributed by atoms with van der Waals surface area (Å²) in [6, 6.07) is 0.261. The lowest BCUT2D eigenvalue weighted by atomic mass is 10.3. The molecule has 0 aliphatic heterocycles. The molecule has 0 spiro atoms. The van der Waals surface area contributed by atoms with Gasteiger partial charge < -0.3 is 5.32 Å². The molecule has 0 radical (unpaired) electrons. The molecule has 8 nitrogen and oxygen atoms in total. The molecular weight excluding hydrogens is 292 g/mol. The minimum atomic E-state index is -3.64. The van der Waals surface area contributed by atoms with Gasteiger partial charge in [0.15, 0.2) is 5.03 Å². The molecule has 0 fully saturated rings. The lowest BCUT2D eigenvalue weighted by Crippen LogP contribution is -2.27. The Balaban J connectivity index is 2.09. The van der Waals surface area contributed by atoms with Crippen molar-refractivity contribution in [2.24, 2.45) is 0 Å². The average molecular weight is 312 g/mol. The van der Waals surface area contributed by atoms with E-state index in [1.165, 1.54) is 6.20 Å². The van der Waals surface area contributed by atoms with Gasteiger partial charge in [-0.2, -0.15) is 10.2 Å². The highest BCUT2D eigenvalue weighted by molar-refractivity contribution is 7.89. The summed E-state index contributed by atoms with van der Waals surface area (Å²) in [7, 11) is -3.64. The van der Waals surface area contributed by atoms with Crippen molar-refractivity contribution in [3.8, 4) is 0 Å². The van der Waals surface area contributed by atoms with Crippen LogP contribution in [0.3, 0.4) is 0 Å². The third kappa shape index (κ3) is 3.90. The maximum absolute atomic E-state index is 12.3. The quantitative estimate of drug-likeness (QED) is 0.591. The number of aromatic nitrogens is 4. The predicted octanol–water partition coefficient (Wildman–Crippen LogP) is 0.418.